The highest BCUT2D eigenvalue weighted by Gasteiger charge is 2.29. The molecule has 0 radical (unpaired) electrons. The Balaban J connectivity index is 1.71. The Kier molecular flexibility index (Phi) is 5.20. The van der Waals surface area contributed by atoms with Gasteiger partial charge in [0.05, 0.1) is 11.7 Å². The molecule has 0 aliphatic carbocycles. The molecule has 29 heavy (non-hydrogen) atoms. The molecule has 1 amide bonds. The zero-order valence-electron chi connectivity index (χ0n) is 16.3. The SMILES string of the molecule is Cc1oc(-c2ccccc2)nc1C(=O)N(C)[C@H](c1ccccc1)c1ccccn1. The van der Waals surface area contributed by atoms with Crippen LogP contribution in [-0.4, -0.2) is 27.8 Å². The second-order valence-electron chi connectivity index (χ2n) is 6.77. The number of aromatic nitrogens is 2. The Morgan fingerprint density at radius 2 is 1.59 bits per heavy atom. The van der Waals surface area contributed by atoms with Gasteiger partial charge in [0.25, 0.3) is 5.91 Å². The van der Waals surface area contributed by atoms with E-state index in [1.54, 1.807) is 25.1 Å². The number of nitrogens with zero attached hydrogens (tertiary/aromatic N) is 3. The highest BCUT2D eigenvalue weighted by atomic mass is 16.4. The molecule has 0 aliphatic rings. The molecule has 0 aliphatic heterocycles. The Hall–Kier alpha value is -3.73. The average Bonchev–Trinajstić information content (AvgIpc) is 3.17. The Bertz CT molecular complexity index is 1050. The number of hydrogen-bond donors (Lipinski definition) is 0. The number of rotatable bonds is 5. The van der Waals surface area contributed by atoms with E-state index in [1.165, 1.54) is 0 Å². The molecule has 2 aromatic heterocycles. The minimum Gasteiger partial charge on any atom is -0.441 e. The smallest absolute Gasteiger partial charge is 0.276 e. The number of carbonyl (C=O) groups excluding carboxylic acids is 1. The van der Waals surface area contributed by atoms with E-state index >= 15 is 0 Å². The summed E-state index contributed by atoms with van der Waals surface area (Å²) < 4.78 is 5.79. The third-order valence-corrected chi connectivity index (χ3v) is 4.81. The van der Waals surface area contributed by atoms with Crippen molar-refractivity contribution in [1.82, 2.24) is 14.9 Å². The molecule has 0 spiro atoms. The normalized spacial score (nSPS) is 11.8. The predicted octanol–water partition coefficient (Wildman–Crippen LogP) is 4.91. The summed E-state index contributed by atoms with van der Waals surface area (Å²) in [5.74, 6) is 0.718. The monoisotopic (exact) mass is 383 g/mol. The van der Waals surface area contributed by atoms with Crippen molar-refractivity contribution < 1.29 is 9.21 Å². The van der Waals surface area contributed by atoms with Gasteiger partial charge in [0.2, 0.25) is 5.89 Å². The van der Waals surface area contributed by atoms with Crippen LogP contribution in [0.5, 0.6) is 0 Å². The molecule has 5 heteroatoms. The number of benzene rings is 2. The topological polar surface area (TPSA) is 59.2 Å². The summed E-state index contributed by atoms with van der Waals surface area (Å²) >= 11 is 0. The van der Waals surface area contributed by atoms with Crippen molar-refractivity contribution >= 4 is 5.91 Å². The molecule has 0 unspecified atom stereocenters. The van der Waals surface area contributed by atoms with Crippen LogP contribution >= 0.6 is 0 Å². The highest BCUT2D eigenvalue weighted by molar-refractivity contribution is 5.94. The summed E-state index contributed by atoms with van der Waals surface area (Å²) in [6, 6.07) is 24.8. The van der Waals surface area contributed by atoms with Crippen molar-refractivity contribution in [2.24, 2.45) is 0 Å². The molecule has 4 aromatic rings. The number of oxazole rings is 1. The molecule has 1 atom stereocenters. The maximum absolute atomic E-state index is 13.4. The lowest BCUT2D eigenvalue weighted by Gasteiger charge is -2.27. The van der Waals surface area contributed by atoms with Crippen LogP contribution in [0.25, 0.3) is 11.5 Å². The average molecular weight is 383 g/mol. The minimum atomic E-state index is -0.332. The van der Waals surface area contributed by atoms with Gasteiger partial charge in [-0.25, -0.2) is 4.98 Å². The fraction of sp³-hybridized carbons (Fsp3) is 0.125. The number of hydrogen-bond acceptors (Lipinski definition) is 4. The van der Waals surface area contributed by atoms with E-state index in [0.29, 0.717) is 17.3 Å². The maximum atomic E-state index is 13.4. The quantitative estimate of drug-likeness (QED) is 0.491. The lowest BCUT2D eigenvalue weighted by atomic mass is 10.0. The molecule has 0 saturated carbocycles. The molecule has 0 bridgehead atoms. The standard InChI is InChI=1S/C24H21N3O2/c1-17-21(26-23(29-17)19-13-7-4-8-14-19)24(28)27(2)22(18-11-5-3-6-12-18)20-15-9-10-16-25-20/h3-16,22H,1-2H3/t22-/m1/s1. The van der Waals surface area contributed by atoms with Crippen LogP contribution in [0, 0.1) is 6.92 Å². The van der Waals surface area contributed by atoms with Crippen LogP contribution in [0.2, 0.25) is 0 Å². The van der Waals surface area contributed by atoms with Gasteiger partial charge in [-0.3, -0.25) is 9.78 Å². The van der Waals surface area contributed by atoms with Crippen molar-refractivity contribution in [3.8, 4) is 11.5 Å². The largest absolute Gasteiger partial charge is 0.441 e. The van der Waals surface area contributed by atoms with Gasteiger partial charge >= 0.3 is 0 Å². The van der Waals surface area contributed by atoms with Crippen molar-refractivity contribution in [1.29, 1.82) is 0 Å². The molecule has 2 aromatic carbocycles. The first kappa shape index (κ1) is 18.6. The zero-order valence-corrected chi connectivity index (χ0v) is 16.3. The van der Waals surface area contributed by atoms with E-state index in [-0.39, 0.29) is 11.9 Å². The van der Waals surface area contributed by atoms with Gasteiger partial charge in [0.1, 0.15) is 5.76 Å². The van der Waals surface area contributed by atoms with Gasteiger partial charge in [0, 0.05) is 18.8 Å². The van der Waals surface area contributed by atoms with Gasteiger partial charge in [-0.05, 0) is 36.8 Å². The number of pyridine rings is 1. The lowest BCUT2D eigenvalue weighted by Crippen LogP contribution is -2.33. The molecule has 5 nitrogen and oxygen atoms in total. The first-order valence-corrected chi connectivity index (χ1v) is 9.41. The van der Waals surface area contributed by atoms with Gasteiger partial charge in [-0.15, -0.1) is 0 Å². The minimum absolute atomic E-state index is 0.215. The molecule has 0 N–H and O–H groups in total. The Labute approximate surface area is 169 Å². The molecular formula is C24H21N3O2. The number of amides is 1. The highest BCUT2D eigenvalue weighted by Crippen LogP contribution is 2.29. The molecule has 0 fully saturated rings. The van der Waals surface area contributed by atoms with Crippen molar-refractivity contribution in [3.63, 3.8) is 0 Å². The molecule has 144 valence electrons. The Morgan fingerprint density at radius 3 is 2.24 bits per heavy atom. The lowest BCUT2D eigenvalue weighted by molar-refractivity contribution is 0.0745. The van der Waals surface area contributed by atoms with E-state index in [2.05, 4.69) is 9.97 Å². The summed E-state index contributed by atoms with van der Waals surface area (Å²) in [4.78, 5) is 24.0. The van der Waals surface area contributed by atoms with Crippen LogP contribution in [-0.2, 0) is 0 Å². The summed E-state index contributed by atoms with van der Waals surface area (Å²) in [6.45, 7) is 1.76. The fourth-order valence-corrected chi connectivity index (χ4v) is 3.35. The van der Waals surface area contributed by atoms with Crippen LogP contribution in [0.3, 0.4) is 0 Å². The third-order valence-electron chi connectivity index (χ3n) is 4.81. The third kappa shape index (κ3) is 3.80. The first-order valence-electron chi connectivity index (χ1n) is 9.41. The van der Waals surface area contributed by atoms with Gasteiger partial charge in [0.15, 0.2) is 5.69 Å². The van der Waals surface area contributed by atoms with E-state index in [9.17, 15) is 4.79 Å². The fourth-order valence-electron chi connectivity index (χ4n) is 3.35. The van der Waals surface area contributed by atoms with E-state index < -0.39 is 0 Å². The predicted molar refractivity (Wildman–Crippen MR) is 111 cm³/mol. The zero-order chi connectivity index (χ0) is 20.2. The summed E-state index contributed by atoms with van der Waals surface area (Å²) in [7, 11) is 1.77. The van der Waals surface area contributed by atoms with Crippen molar-refractivity contribution in [3.05, 3.63) is 108 Å². The molecule has 0 saturated heterocycles. The first-order chi connectivity index (χ1) is 14.1. The van der Waals surface area contributed by atoms with Crippen LogP contribution in [0.4, 0.5) is 0 Å². The van der Waals surface area contributed by atoms with Gasteiger partial charge in [-0.2, -0.15) is 0 Å². The van der Waals surface area contributed by atoms with Crippen molar-refractivity contribution in [2.45, 2.75) is 13.0 Å². The maximum Gasteiger partial charge on any atom is 0.276 e. The molecule has 4 rings (SSSR count). The van der Waals surface area contributed by atoms with Gasteiger partial charge in [-0.1, -0.05) is 54.6 Å². The number of aryl methyl sites for hydroxylation is 1. The van der Waals surface area contributed by atoms with Crippen molar-refractivity contribution in [2.75, 3.05) is 7.05 Å². The second-order valence-corrected chi connectivity index (χ2v) is 6.77. The number of carbonyl (C=O) groups is 1. The second kappa shape index (κ2) is 8.10. The van der Waals surface area contributed by atoms with Crippen LogP contribution in [0.15, 0.2) is 89.5 Å². The summed E-state index contributed by atoms with van der Waals surface area (Å²) in [5, 5.41) is 0. The Morgan fingerprint density at radius 1 is 0.931 bits per heavy atom. The summed E-state index contributed by atoms with van der Waals surface area (Å²) in [6.07, 6.45) is 1.73. The van der Waals surface area contributed by atoms with E-state index in [1.807, 2.05) is 78.9 Å². The van der Waals surface area contributed by atoms with Crippen LogP contribution in [0.1, 0.15) is 33.5 Å². The van der Waals surface area contributed by atoms with E-state index in [4.69, 9.17) is 4.42 Å². The summed E-state index contributed by atoms with van der Waals surface area (Å²) in [5.41, 5.74) is 2.91. The van der Waals surface area contributed by atoms with Gasteiger partial charge < -0.3 is 9.32 Å². The van der Waals surface area contributed by atoms with Crippen LogP contribution < -0.4 is 0 Å². The molecule has 2 heterocycles. The molecular weight excluding hydrogens is 362 g/mol. The van der Waals surface area contributed by atoms with E-state index in [0.717, 1.165) is 16.8 Å².